The third-order valence-corrected chi connectivity index (χ3v) is 6.10. The lowest BCUT2D eigenvalue weighted by Gasteiger charge is -2.23. The monoisotopic (exact) mass is 343 g/mol. The van der Waals surface area contributed by atoms with Crippen LogP contribution < -0.4 is 5.32 Å². The smallest absolute Gasteiger partial charge is 0.258 e. The maximum absolute atomic E-state index is 12.0. The highest BCUT2D eigenvalue weighted by atomic mass is 32.2. The van der Waals surface area contributed by atoms with Crippen molar-refractivity contribution in [2.24, 2.45) is 0 Å². The quantitative estimate of drug-likeness (QED) is 0.921. The molecule has 6 nitrogen and oxygen atoms in total. The first-order valence-electron chi connectivity index (χ1n) is 6.21. The van der Waals surface area contributed by atoms with Crippen molar-refractivity contribution in [3.8, 4) is 0 Å². The molecule has 0 aliphatic carbocycles. The van der Waals surface area contributed by atoms with Gasteiger partial charge in [0.2, 0.25) is 10.0 Å². The van der Waals surface area contributed by atoms with Gasteiger partial charge in [0.15, 0.2) is 5.13 Å². The number of anilines is 1. The SMILES string of the molecule is CS(=O)(=O)N1CCc2nc(NC(=O)c3ccsc3)sc2C1. The van der Waals surface area contributed by atoms with E-state index in [1.165, 1.54) is 33.2 Å². The predicted molar refractivity (Wildman–Crippen MR) is 83.3 cm³/mol. The van der Waals surface area contributed by atoms with Crippen molar-refractivity contribution in [1.29, 1.82) is 0 Å². The lowest BCUT2D eigenvalue weighted by atomic mass is 10.2. The number of aromatic nitrogens is 1. The van der Waals surface area contributed by atoms with Crippen LogP contribution in [0.5, 0.6) is 0 Å². The van der Waals surface area contributed by atoms with E-state index in [4.69, 9.17) is 0 Å². The zero-order chi connectivity index (χ0) is 15.0. The summed E-state index contributed by atoms with van der Waals surface area (Å²) in [7, 11) is -3.19. The van der Waals surface area contributed by atoms with Crippen LogP contribution in [-0.2, 0) is 23.0 Å². The second-order valence-electron chi connectivity index (χ2n) is 4.70. The van der Waals surface area contributed by atoms with Gasteiger partial charge < -0.3 is 0 Å². The van der Waals surface area contributed by atoms with Gasteiger partial charge in [0, 0.05) is 29.8 Å². The second kappa shape index (κ2) is 5.48. The molecule has 21 heavy (non-hydrogen) atoms. The van der Waals surface area contributed by atoms with Crippen molar-refractivity contribution < 1.29 is 13.2 Å². The van der Waals surface area contributed by atoms with Crippen LogP contribution in [0, 0.1) is 0 Å². The van der Waals surface area contributed by atoms with Gasteiger partial charge in [0.1, 0.15) is 0 Å². The lowest BCUT2D eigenvalue weighted by Crippen LogP contribution is -2.34. The second-order valence-corrected chi connectivity index (χ2v) is 8.55. The van der Waals surface area contributed by atoms with Crippen LogP contribution >= 0.6 is 22.7 Å². The van der Waals surface area contributed by atoms with Crippen molar-refractivity contribution >= 4 is 43.7 Å². The molecule has 2 aromatic rings. The fourth-order valence-corrected chi connectivity index (χ4v) is 4.59. The van der Waals surface area contributed by atoms with Crippen LogP contribution in [0.1, 0.15) is 20.9 Å². The van der Waals surface area contributed by atoms with Crippen LogP contribution in [0.25, 0.3) is 0 Å². The van der Waals surface area contributed by atoms with Crippen LogP contribution in [0.2, 0.25) is 0 Å². The summed E-state index contributed by atoms with van der Waals surface area (Å²) in [6.07, 6.45) is 1.78. The molecule has 0 bridgehead atoms. The minimum atomic E-state index is -3.19. The van der Waals surface area contributed by atoms with Crippen molar-refractivity contribution in [2.75, 3.05) is 18.1 Å². The van der Waals surface area contributed by atoms with Gasteiger partial charge in [-0.25, -0.2) is 13.4 Å². The van der Waals surface area contributed by atoms with Crippen LogP contribution in [0.4, 0.5) is 5.13 Å². The molecule has 1 aliphatic heterocycles. The van der Waals surface area contributed by atoms with Gasteiger partial charge in [-0.05, 0) is 11.4 Å². The average Bonchev–Trinajstić information content (AvgIpc) is 3.05. The Morgan fingerprint density at radius 1 is 1.48 bits per heavy atom. The van der Waals surface area contributed by atoms with E-state index in [0.717, 1.165) is 10.6 Å². The summed E-state index contributed by atoms with van der Waals surface area (Å²) in [4.78, 5) is 17.2. The molecular weight excluding hydrogens is 330 g/mol. The number of hydrogen-bond acceptors (Lipinski definition) is 6. The van der Waals surface area contributed by atoms with E-state index >= 15 is 0 Å². The Hall–Kier alpha value is -1.29. The van der Waals surface area contributed by atoms with Gasteiger partial charge in [0.05, 0.1) is 17.5 Å². The number of hydrogen-bond donors (Lipinski definition) is 1. The number of amides is 1. The molecule has 2 aromatic heterocycles. The first-order valence-corrected chi connectivity index (χ1v) is 9.81. The molecule has 3 heterocycles. The molecule has 1 N–H and O–H groups in total. The van der Waals surface area contributed by atoms with E-state index in [1.807, 2.05) is 5.38 Å². The third kappa shape index (κ3) is 3.15. The number of nitrogens with zero attached hydrogens (tertiary/aromatic N) is 2. The Morgan fingerprint density at radius 3 is 2.95 bits per heavy atom. The van der Waals surface area contributed by atoms with Crippen LogP contribution in [-0.4, -0.2) is 36.4 Å². The molecule has 3 rings (SSSR count). The highest BCUT2D eigenvalue weighted by Gasteiger charge is 2.26. The summed E-state index contributed by atoms with van der Waals surface area (Å²) in [5.41, 5.74) is 1.48. The Balaban J connectivity index is 1.76. The molecule has 0 atom stereocenters. The van der Waals surface area contributed by atoms with Gasteiger partial charge in [-0.15, -0.1) is 11.3 Å². The summed E-state index contributed by atoms with van der Waals surface area (Å²) in [5.74, 6) is -0.192. The fourth-order valence-electron chi connectivity index (χ4n) is 2.07. The Bertz CT molecular complexity index is 765. The average molecular weight is 343 g/mol. The van der Waals surface area contributed by atoms with Gasteiger partial charge in [-0.3, -0.25) is 10.1 Å². The van der Waals surface area contributed by atoms with E-state index in [9.17, 15) is 13.2 Å². The minimum absolute atomic E-state index is 0.192. The Kier molecular flexibility index (Phi) is 3.82. The molecule has 0 spiro atoms. The number of rotatable bonds is 3. The topological polar surface area (TPSA) is 79.4 Å². The minimum Gasteiger partial charge on any atom is -0.298 e. The molecule has 0 radical (unpaired) electrons. The normalized spacial score (nSPS) is 15.7. The van der Waals surface area contributed by atoms with Crippen molar-refractivity contribution in [2.45, 2.75) is 13.0 Å². The van der Waals surface area contributed by atoms with E-state index in [-0.39, 0.29) is 5.91 Å². The molecule has 0 fully saturated rings. The number of fused-ring (bicyclic) bond motifs is 1. The van der Waals surface area contributed by atoms with Gasteiger partial charge >= 0.3 is 0 Å². The van der Waals surface area contributed by atoms with E-state index < -0.39 is 10.0 Å². The van der Waals surface area contributed by atoms with Crippen molar-refractivity contribution in [3.05, 3.63) is 33.0 Å². The molecule has 0 saturated carbocycles. The summed E-state index contributed by atoms with van der Waals surface area (Å²) < 4.78 is 24.6. The molecule has 9 heteroatoms. The van der Waals surface area contributed by atoms with E-state index in [0.29, 0.717) is 30.2 Å². The summed E-state index contributed by atoms with van der Waals surface area (Å²) in [6.45, 7) is 0.771. The number of sulfonamides is 1. The van der Waals surface area contributed by atoms with Crippen molar-refractivity contribution in [1.82, 2.24) is 9.29 Å². The van der Waals surface area contributed by atoms with Crippen LogP contribution in [0.15, 0.2) is 16.8 Å². The van der Waals surface area contributed by atoms with E-state index in [1.54, 1.807) is 11.4 Å². The highest BCUT2D eigenvalue weighted by molar-refractivity contribution is 7.88. The van der Waals surface area contributed by atoms with E-state index in [2.05, 4.69) is 10.3 Å². The number of thiazole rings is 1. The zero-order valence-corrected chi connectivity index (χ0v) is 13.6. The first kappa shape index (κ1) is 14.6. The highest BCUT2D eigenvalue weighted by Crippen LogP contribution is 2.29. The molecule has 1 aliphatic rings. The standard InChI is InChI=1S/C12H13N3O3S3/c1-21(17,18)15-4-2-9-10(6-15)20-12(13-9)14-11(16)8-3-5-19-7-8/h3,5,7H,2,4,6H2,1H3,(H,13,14,16). The van der Waals surface area contributed by atoms with Gasteiger partial charge in [-0.1, -0.05) is 0 Å². The largest absolute Gasteiger partial charge is 0.298 e. The Labute approximate surface area is 130 Å². The fraction of sp³-hybridized carbons (Fsp3) is 0.333. The predicted octanol–water partition coefficient (Wildman–Crippen LogP) is 1.77. The number of nitrogens with one attached hydrogen (secondary N) is 1. The van der Waals surface area contributed by atoms with Gasteiger partial charge in [-0.2, -0.15) is 15.6 Å². The Morgan fingerprint density at radius 2 is 2.29 bits per heavy atom. The first-order chi connectivity index (χ1) is 9.93. The molecule has 1 amide bonds. The summed E-state index contributed by atoms with van der Waals surface area (Å²) >= 11 is 2.79. The lowest BCUT2D eigenvalue weighted by molar-refractivity contribution is 0.102. The molecular formula is C12H13N3O3S3. The number of carbonyl (C=O) groups is 1. The van der Waals surface area contributed by atoms with Crippen LogP contribution in [0.3, 0.4) is 0 Å². The maximum Gasteiger partial charge on any atom is 0.258 e. The summed E-state index contributed by atoms with van der Waals surface area (Å²) in [5, 5.41) is 6.89. The third-order valence-electron chi connectivity index (χ3n) is 3.17. The molecule has 0 aromatic carbocycles. The number of carbonyl (C=O) groups excluding carboxylic acids is 1. The molecule has 112 valence electrons. The molecule has 0 saturated heterocycles. The van der Waals surface area contributed by atoms with Gasteiger partial charge in [0.25, 0.3) is 5.91 Å². The maximum atomic E-state index is 12.0. The molecule has 0 unspecified atom stereocenters. The number of thiophene rings is 1. The summed E-state index contributed by atoms with van der Waals surface area (Å²) in [6, 6.07) is 1.75. The van der Waals surface area contributed by atoms with Crippen molar-refractivity contribution in [3.63, 3.8) is 0 Å². The zero-order valence-electron chi connectivity index (χ0n) is 11.2.